The lowest BCUT2D eigenvalue weighted by Gasteiger charge is -2.18. The van der Waals surface area contributed by atoms with Crippen molar-refractivity contribution in [2.75, 3.05) is 6.54 Å². The zero-order chi connectivity index (χ0) is 25.3. The second kappa shape index (κ2) is 24.5. The molecule has 0 fully saturated rings. The van der Waals surface area contributed by atoms with Gasteiger partial charge in [0.2, 0.25) is 5.91 Å². The highest BCUT2D eigenvalue weighted by Crippen LogP contribution is 2.17. The van der Waals surface area contributed by atoms with Gasteiger partial charge in [0.25, 0.3) is 0 Å². The van der Waals surface area contributed by atoms with Gasteiger partial charge >= 0.3 is 11.9 Å². The molecule has 0 spiro atoms. The number of ether oxygens (including phenoxy) is 1. The molecule has 200 valence electrons. The summed E-state index contributed by atoms with van der Waals surface area (Å²) in [6.07, 6.45) is 22.4. The summed E-state index contributed by atoms with van der Waals surface area (Å²) >= 11 is 0. The van der Waals surface area contributed by atoms with E-state index in [1.165, 1.54) is 57.8 Å². The molecule has 1 atom stereocenters. The van der Waals surface area contributed by atoms with Gasteiger partial charge in [-0.05, 0) is 38.5 Å². The van der Waals surface area contributed by atoms with Gasteiger partial charge in [0.05, 0.1) is 0 Å². The Morgan fingerprint density at radius 1 is 0.647 bits per heavy atom. The third-order valence-corrected chi connectivity index (χ3v) is 6.28. The Hall–Kier alpha value is -1.59. The van der Waals surface area contributed by atoms with Gasteiger partial charge in [-0.25, -0.2) is 0 Å². The second-order valence-electron chi connectivity index (χ2n) is 9.66. The molecule has 0 aliphatic carbocycles. The third-order valence-electron chi connectivity index (χ3n) is 6.28. The van der Waals surface area contributed by atoms with Crippen LogP contribution in [0.15, 0.2) is 0 Å². The number of aliphatic carboxylic acids is 1. The fourth-order valence-corrected chi connectivity index (χ4v) is 4.16. The van der Waals surface area contributed by atoms with Gasteiger partial charge in [0.1, 0.15) is 12.6 Å². The number of rotatable bonds is 25. The topological polar surface area (TPSA) is 92.7 Å². The van der Waals surface area contributed by atoms with Crippen molar-refractivity contribution in [1.82, 2.24) is 5.32 Å². The van der Waals surface area contributed by atoms with Crippen LogP contribution in [0.3, 0.4) is 0 Å². The minimum atomic E-state index is -1.03. The molecule has 0 aromatic carbocycles. The van der Waals surface area contributed by atoms with Gasteiger partial charge in [-0.3, -0.25) is 14.4 Å². The standard InChI is InChI=1S/C28H53NO5/c1-3-5-7-8-9-10-11-12-13-14-19-23-28(33)34-25(20-16-6-4-2)21-17-15-18-22-26(30)29-24-27(31)32/h25H,3-24H2,1-2H3,(H,29,30)(H,31,32). The van der Waals surface area contributed by atoms with Crippen LogP contribution in [0.5, 0.6) is 0 Å². The zero-order valence-corrected chi connectivity index (χ0v) is 22.2. The molecule has 0 radical (unpaired) electrons. The van der Waals surface area contributed by atoms with Crippen LogP contribution in [-0.2, 0) is 19.1 Å². The first-order valence-electron chi connectivity index (χ1n) is 14.2. The van der Waals surface area contributed by atoms with Crippen LogP contribution in [0.2, 0.25) is 0 Å². The maximum atomic E-state index is 12.3. The predicted octanol–water partition coefficient (Wildman–Crippen LogP) is 7.33. The number of carbonyl (C=O) groups excluding carboxylic acids is 2. The third kappa shape index (κ3) is 23.6. The quantitative estimate of drug-likeness (QED) is 0.105. The van der Waals surface area contributed by atoms with E-state index < -0.39 is 5.97 Å². The van der Waals surface area contributed by atoms with Crippen LogP contribution in [0.1, 0.15) is 149 Å². The lowest BCUT2D eigenvalue weighted by molar-refractivity contribution is -0.150. The van der Waals surface area contributed by atoms with Gasteiger partial charge in [0, 0.05) is 12.8 Å². The number of carboxylic acid groups (broad SMARTS) is 1. The van der Waals surface area contributed by atoms with Crippen LogP contribution < -0.4 is 5.32 Å². The van der Waals surface area contributed by atoms with Crippen LogP contribution >= 0.6 is 0 Å². The van der Waals surface area contributed by atoms with Crippen molar-refractivity contribution in [2.45, 2.75) is 155 Å². The summed E-state index contributed by atoms with van der Waals surface area (Å²) in [5.41, 5.74) is 0. The maximum Gasteiger partial charge on any atom is 0.322 e. The molecular formula is C28H53NO5. The molecule has 0 aliphatic rings. The first-order valence-corrected chi connectivity index (χ1v) is 14.2. The summed E-state index contributed by atoms with van der Waals surface area (Å²) in [5, 5.41) is 11.0. The Labute approximate surface area is 209 Å². The maximum absolute atomic E-state index is 12.3. The number of hydrogen-bond acceptors (Lipinski definition) is 4. The Bertz CT molecular complexity index is 509. The fraction of sp³-hybridized carbons (Fsp3) is 0.893. The molecule has 0 aliphatic heterocycles. The normalized spacial score (nSPS) is 11.8. The van der Waals surface area contributed by atoms with Gasteiger partial charge < -0.3 is 15.2 Å². The van der Waals surface area contributed by atoms with E-state index in [0.29, 0.717) is 12.8 Å². The first-order chi connectivity index (χ1) is 16.5. The fourth-order valence-electron chi connectivity index (χ4n) is 4.16. The van der Waals surface area contributed by atoms with E-state index in [4.69, 9.17) is 9.84 Å². The summed E-state index contributed by atoms with van der Waals surface area (Å²) in [4.78, 5) is 34.4. The molecule has 0 aromatic heterocycles. The second-order valence-corrected chi connectivity index (χ2v) is 9.66. The van der Waals surface area contributed by atoms with Crippen molar-refractivity contribution >= 4 is 17.8 Å². The summed E-state index contributed by atoms with van der Waals surface area (Å²) < 4.78 is 5.80. The van der Waals surface area contributed by atoms with Crippen LogP contribution in [-0.4, -0.2) is 35.6 Å². The number of unbranched alkanes of at least 4 members (excludes halogenated alkanes) is 14. The van der Waals surface area contributed by atoms with Gasteiger partial charge in [0.15, 0.2) is 0 Å². The van der Waals surface area contributed by atoms with Gasteiger partial charge in [-0.2, -0.15) is 0 Å². The van der Waals surface area contributed by atoms with Crippen molar-refractivity contribution in [1.29, 1.82) is 0 Å². The monoisotopic (exact) mass is 483 g/mol. The van der Waals surface area contributed by atoms with E-state index in [-0.39, 0.29) is 24.5 Å². The number of nitrogens with one attached hydrogen (secondary N) is 1. The Balaban J connectivity index is 3.89. The molecule has 34 heavy (non-hydrogen) atoms. The minimum Gasteiger partial charge on any atom is -0.480 e. The van der Waals surface area contributed by atoms with Crippen molar-refractivity contribution in [2.24, 2.45) is 0 Å². The number of esters is 1. The van der Waals surface area contributed by atoms with Crippen molar-refractivity contribution in [3.05, 3.63) is 0 Å². The largest absolute Gasteiger partial charge is 0.480 e. The SMILES string of the molecule is CCCCCCCCCCCCCC(=O)OC(CCCCC)CCCCCC(=O)NCC(=O)O. The highest BCUT2D eigenvalue weighted by molar-refractivity contribution is 5.80. The Morgan fingerprint density at radius 3 is 1.65 bits per heavy atom. The summed E-state index contributed by atoms with van der Waals surface area (Å²) in [6.45, 7) is 4.10. The van der Waals surface area contributed by atoms with Crippen molar-refractivity contribution in [3.63, 3.8) is 0 Å². The number of carboxylic acids is 1. The Kier molecular flexibility index (Phi) is 23.4. The van der Waals surface area contributed by atoms with Crippen molar-refractivity contribution < 1.29 is 24.2 Å². The Morgan fingerprint density at radius 2 is 1.09 bits per heavy atom. The average molecular weight is 484 g/mol. The van der Waals surface area contributed by atoms with E-state index in [1.54, 1.807) is 0 Å². The molecular weight excluding hydrogens is 430 g/mol. The molecule has 1 unspecified atom stereocenters. The first kappa shape index (κ1) is 32.4. The zero-order valence-electron chi connectivity index (χ0n) is 22.2. The van der Waals surface area contributed by atoms with Crippen LogP contribution in [0.25, 0.3) is 0 Å². The number of hydrogen-bond donors (Lipinski definition) is 2. The van der Waals surface area contributed by atoms with E-state index >= 15 is 0 Å². The van der Waals surface area contributed by atoms with E-state index in [9.17, 15) is 14.4 Å². The lowest BCUT2D eigenvalue weighted by atomic mass is 10.0. The summed E-state index contributed by atoms with van der Waals surface area (Å²) in [5.74, 6) is -1.32. The molecule has 2 N–H and O–H groups in total. The molecule has 0 saturated heterocycles. The van der Waals surface area contributed by atoms with E-state index in [1.807, 2.05) is 0 Å². The molecule has 0 aromatic rings. The highest BCUT2D eigenvalue weighted by Gasteiger charge is 2.14. The highest BCUT2D eigenvalue weighted by atomic mass is 16.5. The van der Waals surface area contributed by atoms with Crippen molar-refractivity contribution in [3.8, 4) is 0 Å². The average Bonchev–Trinajstić information content (AvgIpc) is 2.81. The van der Waals surface area contributed by atoms with E-state index in [2.05, 4.69) is 19.2 Å². The molecule has 6 nitrogen and oxygen atoms in total. The minimum absolute atomic E-state index is 0.0207. The lowest BCUT2D eigenvalue weighted by Crippen LogP contribution is -2.28. The smallest absolute Gasteiger partial charge is 0.322 e. The van der Waals surface area contributed by atoms with Crippen LogP contribution in [0, 0.1) is 0 Å². The molecule has 0 heterocycles. The molecule has 0 rings (SSSR count). The number of amides is 1. The molecule has 1 amide bonds. The molecule has 0 saturated carbocycles. The van der Waals surface area contributed by atoms with Gasteiger partial charge in [-0.15, -0.1) is 0 Å². The van der Waals surface area contributed by atoms with Crippen LogP contribution in [0.4, 0.5) is 0 Å². The predicted molar refractivity (Wildman–Crippen MR) is 139 cm³/mol. The molecule has 0 bridgehead atoms. The summed E-state index contributed by atoms with van der Waals surface area (Å²) in [7, 11) is 0. The van der Waals surface area contributed by atoms with E-state index in [0.717, 1.165) is 64.2 Å². The summed E-state index contributed by atoms with van der Waals surface area (Å²) in [6, 6.07) is 0. The molecule has 6 heteroatoms. The van der Waals surface area contributed by atoms with Gasteiger partial charge in [-0.1, -0.05) is 97.3 Å². The number of carbonyl (C=O) groups is 3.